The molecule has 0 spiro atoms. The van der Waals surface area contributed by atoms with E-state index in [0.29, 0.717) is 23.2 Å². The van der Waals surface area contributed by atoms with E-state index >= 15 is 0 Å². The maximum absolute atomic E-state index is 6.21. The summed E-state index contributed by atoms with van der Waals surface area (Å²) in [6.07, 6.45) is 0.966. The van der Waals surface area contributed by atoms with E-state index in [4.69, 9.17) is 27.9 Å². The van der Waals surface area contributed by atoms with Crippen molar-refractivity contribution < 1.29 is 4.74 Å². The van der Waals surface area contributed by atoms with Crippen molar-refractivity contribution in [2.45, 2.75) is 24.7 Å². The lowest BCUT2D eigenvalue weighted by molar-refractivity contribution is 0.302. The van der Waals surface area contributed by atoms with Gasteiger partial charge in [0, 0.05) is 27.9 Å². The first-order valence-corrected chi connectivity index (χ1v) is 12.3. The van der Waals surface area contributed by atoms with Crippen LogP contribution in [0.2, 0.25) is 10.0 Å². The number of thioether (sulfide) groups is 1. The summed E-state index contributed by atoms with van der Waals surface area (Å²) in [7, 11) is 0. The van der Waals surface area contributed by atoms with Gasteiger partial charge in [0.25, 0.3) is 0 Å². The molecule has 0 aliphatic rings. The maximum Gasteiger partial charge on any atom is 0.214 e. The zero-order valence-electron chi connectivity index (χ0n) is 17.8. The Morgan fingerprint density at radius 2 is 1.73 bits per heavy atom. The third-order valence-electron chi connectivity index (χ3n) is 4.82. The zero-order chi connectivity index (χ0) is 22.9. The van der Waals surface area contributed by atoms with Gasteiger partial charge in [-0.15, -0.1) is 5.10 Å². The number of nitrogens with one attached hydrogen (secondary N) is 1. The first-order chi connectivity index (χ1) is 16.2. The van der Waals surface area contributed by atoms with Crippen molar-refractivity contribution in [3.8, 4) is 11.4 Å². The minimum absolute atomic E-state index is 0.471. The SMILES string of the molecule is Clc1ccc(COc2ccc(Cl)cc2CNCCCSc2nnnn2-c2ccccc2)cc1. The van der Waals surface area contributed by atoms with E-state index in [1.165, 1.54) is 0 Å². The lowest BCUT2D eigenvalue weighted by atomic mass is 10.2. The number of hydrogen-bond acceptors (Lipinski definition) is 6. The van der Waals surface area contributed by atoms with Gasteiger partial charge in [-0.2, -0.15) is 4.68 Å². The maximum atomic E-state index is 6.21. The Bertz CT molecular complexity index is 1160. The lowest BCUT2D eigenvalue weighted by Gasteiger charge is -2.13. The summed E-state index contributed by atoms with van der Waals surface area (Å²) in [4.78, 5) is 0. The zero-order valence-corrected chi connectivity index (χ0v) is 20.2. The molecule has 1 heterocycles. The quantitative estimate of drug-likeness (QED) is 0.207. The summed E-state index contributed by atoms with van der Waals surface area (Å²) >= 11 is 13.8. The first kappa shape index (κ1) is 23.6. The molecule has 0 saturated heterocycles. The van der Waals surface area contributed by atoms with E-state index in [0.717, 1.165) is 46.4 Å². The number of hydrogen-bond donors (Lipinski definition) is 1. The van der Waals surface area contributed by atoms with Crippen LogP contribution < -0.4 is 10.1 Å². The molecule has 0 saturated carbocycles. The normalized spacial score (nSPS) is 11.0. The van der Waals surface area contributed by atoms with Gasteiger partial charge in [0.15, 0.2) is 0 Å². The highest BCUT2D eigenvalue weighted by molar-refractivity contribution is 7.99. The topological polar surface area (TPSA) is 64.9 Å². The lowest BCUT2D eigenvalue weighted by Crippen LogP contribution is -2.16. The number of benzene rings is 3. The van der Waals surface area contributed by atoms with Gasteiger partial charge in [-0.25, -0.2) is 0 Å². The molecule has 0 unspecified atom stereocenters. The monoisotopic (exact) mass is 499 g/mol. The summed E-state index contributed by atoms with van der Waals surface area (Å²) in [5.74, 6) is 1.72. The van der Waals surface area contributed by atoms with Crippen molar-refractivity contribution in [1.29, 1.82) is 0 Å². The van der Waals surface area contributed by atoms with Gasteiger partial charge in [-0.3, -0.25) is 0 Å². The van der Waals surface area contributed by atoms with Crippen LogP contribution >= 0.6 is 35.0 Å². The molecule has 0 radical (unpaired) electrons. The van der Waals surface area contributed by atoms with Gasteiger partial charge in [-0.05, 0) is 71.4 Å². The Hall–Kier alpha value is -2.58. The van der Waals surface area contributed by atoms with Crippen LogP contribution in [0.25, 0.3) is 5.69 Å². The molecule has 0 aliphatic heterocycles. The van der Waals surface area contributed by atoms with Crippen LogP contribution in [0.1, 0.15) is 17.5 Å². The second-order valence-corrected chi connectivity index (χ2v) is 9.19. The number of rotatable bonds is 11. The molecular formula is C24H23Cl2N5OS. The summed E-state index contributed by atoms with van der Waals surface area (Å²) in [6, 6.07) is 23.2. The van der Waals surface area contributed by atoms with Gasteiger partial charge in [0.05, 0.1) is 5.69 Å². The second kappa shape index (κ2) is 12.0. The molecule has 1 aromatic heterocycles. The van der Waals surface area contributed by atoms with E-state index < -0.39 is 0 Å². The number of ether oxygens (including phenoxy) is 1. The molecule has 6 nitrogen and oxygen atoms in total. The Morgan fingerprint density at radius 1 is 0.939 bits per heavy atom. The summed E-state index contributed by atoms with van der Waals surface area (Å²) in [6.45, 7) is 1.99. The fraction of sp³-hybridized carbons (Fsp3) is 0.208. The van der Waals surface area contributed by atoms with Crippen LogP contribution in [0, 0.1) is 0 Å². The molecule has 0 fully saturated rings. The van der Waals surface area contributed by atoms with Crippen molar-refractivity contribution in [2.75, 3.05) is 12.3 Å². The van der Waals surface area contributed by atoms with Crippen molar-refractivity contribution in [1.82, 2.24) is 25.5 Å². The molecule has 4 rings (SSSR count). The molecule has 0 amide bonds. The predicted molar refractivity (Wildman–Crippen MR) is 133 cm³/mol. The number of nitrogens with zero attached hydrogens (tertiary/aromatic N) is 4. The highest BCUT2D eigenvalue weighted by Crippen LogP contribution is 2.24. The number of tetrazole rings is 1. The average molecular weight is 500 g/mol. The third-order valence-corrected chi connectivity index (χ3v) is 6.31. The predicted octanol–water partition coefficient (Wildman–Crippen LogP) is 5.82. The summed E-state index contributed by atoms with van der Waals surface area (Å²) in [5.41, 5.74) is 3.04. The summed E-state index contributed by atoms with van der Waals surface area (Å²) < 4.78 is 7.79. The van der Waals surface area contributed by atoms with E-state index in [1.54, 1.807) is 16.4 Å². The smallest absolute Gasteiger partial charge is 0.214 e. The van der Waals surface area contributed by atoms with E-state index in [1.807, 2.05) is 72.8 Å². The molecule has 0 aliphatic carbocycles. The molecule has 4 aromatic rings. The molecule has 1 N–H and O–H groups in total. The van der Waals surface area contributed by atoms with Crippen LogP contribution in [-0.2, 0) is 13.2 Å². The van der Waals surface area contributed by atoms with Gasteiger partial charge in [-0.1, -0.05) is 65.3 Å². The van der Waals surface area contributed by atoms with Crippen LogP contribution in [0.5, 0.6) is 5.75 Å². The van der Waals surface area contributed by atoms with Gasteiger partial charge in [0.2, 0.25) is 5.16 Å². The molecule has 3 aromatic carbocycles. The highest BCUT2D eigenvalue weighted by atomic mass is 35.5. The van der Waals surface area contributed by atoms with E-state index in [9.17, 15) is 0 Å². The van der Waals surface area contributed by atoms with Crippen molar-refractivity contribution >= 4 is 35.0 Å². The van der Waals surface area contributed by atoms with Crippen LogP contribution in [-0.4, -0.2) is 32.5 Å². The molecular weight excluding hydrogens is 477 g/mol. The second-order valence-electron chi connectivity index (χ2n) is 7.25. The Morgan fingerprint density at radius 3 is 2.55 bits per heavy atom. The number of para-hydroxylation sites is 1. The first-order valence-electron chi connectivity index (χ1n) is 10.5. The minimum atomic E-state index is 0.471. The fourth-order valence-corrected chi connectivity index (χ4v) is 4.30. The number of halogens is 2. The van der Waals surface area contributed by atoms with Gasteiger partial charge >= 0.3 is 0 Å². The Balaban J connectivity index is 1.23. The van der Waals surface area contributed by atoms with E-state index in [2.05, 4.69) is 20.8 Å². The molecule has 9 heteroatoms. The Labute approximate surface area is 207 Å². The van der Waals surface area contributed by atoms with Crippen LogP contribution in [0.15, 0.2) is 78.0 Å². The third kappa shape index (κ3) is 6.95. The number of aromatic nitrogens is 4. The summed E-state index contributed by atoms with van der Waals surface area (Å²) in [5, 5.41) is 17.7. The molecule has 0 atom stereocenters. The Kier molecular flexibility index (Phi) is 8.60. The van der Waals surface area contributed by atoms with Crippen molar-refractivity contribution in [3.63, 3.8) is 0 Å². The largest absolute Gasteiger partial charge is 0.489 e. The molecule has 33 heavy (non-hydrogen) atoms. The van der Waals surface area contributed by atoms with Crippen molar-refractivity contribution in [2.24, 2.45) is 0 Å². The average Bonchev–Trinajstić information content (AvgIpc) is 3.31. The molecule has 170 valence electrons. The van der Waals surface area contributed by atoms with Gasteiger partial charge in [0.1, 0.15) is 12.4 Å². The van der Waals surface area contributed by atoms with E-state index in [-0.39, 0.29) is 0 Å². The highest BCUT2D eigenvalue weighted by Gasteiger charge is 2.09. The van der Waals surface area contributed by atoms with Crippen molar-refractivity contribution in [3.05, 3.63) is 94.0 Å². The minimum Gasteiger partial charge on any atom is -0.489 e. The van der Waals surface area contributed by atoms with Gasteiger partial charge < -0.3 is 10.1 Å². The van der Waals surface area contributed by atoms with Crippen LogP contribution in [0.3, 0.4) is 0 Å². The molecule has 0 bridgehead atoms. The fourth-order valence-electron chi connectivity index (χ4n) is 3.15. The van der Waals surface area contributed by atoms with Crippen LogP contribution in [0.4, 0.5) is 0 Å². The standard InChI is InChI=1S/C24H23Cl2N5OS/c25-20-9-7-18(8-10-20)17-32-23-12-11-21(26)15-19(23)16-27-13-4-14-33-24-28-29-30-31(24)22-5-2-1-3-6-22/h1-3,5-12,15,27H,4,13-14,16-17H2.